The van der Waals surface area contributed by atoms with Gasteiger partial charge in [-0.25, -0.2) is 5.06 Å². The quantitative estimate of drug-likeness (QED) is 0.564. The van der Waals surface area contributed by atoms with Crippen LogP contribution in [0.15, 0.2) is 0 Å². The minimum Gasteiger partial charge on any atom is -0.286 e. The van der Waals surface area contributed by atoms with E-state index in [1.807, 2.05) is 13.8 Å². The van der Waals surface area contributed by atoms with Gasteiger partial charge in [-0.15, -0.1) is 0 Å². The van der Waals surface area contributed by atoms with Gasteiger partial charge in [0.2, 0.25) is 0 Å². The van der Waals surface area contributed by atoms with Crippen LogP contribution in [0.1, 0.15) is 20.3 Å². The fourth-order valence-electron chi connectivity index (χ4n) is 1.18. The molecule has 0 aromatic carbocycles. The molecule has 0 aromatic rings. The molecule has 1 fully saturated rings. The van der Waals surface area contributed by atoms with Crippen LogP contribution in [0, 0.1) is 5.92 Å². The van der Waals surface area contributed by atoms with Gasteiger partial charge in [0, 0.05) is 0 Å². The van der Waals surface area contributed by atoms with Crippen LogP contribution in [0.4, 0.5) is 0 Å². The van der Waals surface area contributed by atoms with E-state index >= 15 is 0 Å². The average Bonchev–Trinajstić information content (AvgIpc) is 2.32. The zero-order chi connectivity index (χ0) is 8.43. The van der Waals surface area contributed by atoms with Crippen LogP contribution in [0.25, 0.3) is 0 Å². The maximum absolute atomic E-state index is 10.8. The van der Waals surface area contributed by atoms with E-state index in [2.05, 4.69) is 5.32 Å². The number of hydrogen-bond acceptors (Lipinski definition) is 3. The van der Waals surface area contributed by atoms with Crippen LogP contribution >= 0.6 is 0 Å². The van der Waals surface area contributed by atoms with Crippen molar-refractivity contribution in [3.63, 3.8) is 0 Å². The zero-order valence-electron chi connectivity index (χ0n) is 6.87. The maximum Gasteiger partial charge on any atom is 0.261 e. The molecular formula is C7H14N2O2. The Kier molecular flexibility index (Phi) is 2.46. The molecule has 64 valence electrons. The summed E-state index contributed by atoms with van der Waals surface area (Å²) in [5.41, 5.74) is 0. The average molecular weight is 158 g/mol. The lowest BCUT2D eigenvalue weighted by Crippen LogP contribution is -2.39. The minimum absolute atomic E-state index is 0.188. The number of carbonyl (C=O) groups excluding carboxylic acids is 1. The summed E-state index contributed by atoms with van der Waals surface area (Å²) < 4.78 is 0. The molecule has 11 heavy (non-hydrogen) atoms. The van der Waals surface area contributed by atoms with Crippen LogP contribution in [-0.2, 0) is 4.79 Å². The molecule has 4 nitrogen and oxygen atoms in total. The lowest BCUT2D eigenvalue weighted by atomic mass is 10.1. The molecule has 1 heterocycles. The standard InChI is InChI=1S/C7H14N2O2/c1-3-5(2)7-8-4-6(10)9(7)11/h5,7-8,11H,3-4H2,1-2H3/t5-,7-/m1/s1. The second-order valence-corrected chi connectivity index (χ2v) is 2.95. The number of hydrogen-bond donors (Lipinski definition) is 2. The topological polar surface area (TPSA) is 52.6 Å². The summed E-state index contributed by atoms with van der Waals surface area (Å²) in [7, 11) is 0. The molecule has 1 aliphatic rings. The number of hydroxylamine groups is 2. The summed E-state index contributed by atoms with van der Waals surface area (Å²) in [6.07, 6.45) is 0.759. The Morgan fingerprint density at radius 2 is 2.55 bits per heavy atom. The van der Waals surface area contributed by atoms with Gasteiger partial charge in [0.1, 0.15) is 6.17 Å². The van der Waals surface area contributed by atoms with Crippen molar-refractivity contribution < 1.29 is 10.0 Å². The molecule has 2 N–H and O–H groups in total. The van der Waals surface area contributed by atoms with Gasteiger partial charge < -0.3 is 0 Å². The predicted octanol–water partition coefficient (Wildman–Crippen LogP) is 0.180. The van der Waals surface area contributed by atoms with Crippen molar-refractivity contribution in [1.29, 1.82) is 0 Å². The molecule has 0 bridgehead atoms. The highest BCUT2D eigenvalue weighted by Gasteiger charge is 2.32. The Labute approximate surface area is 66.1 Å². The molecule has 0 aromatic heterocycles. The molecule has 0 spiro atoms. The molecule has 0 saturated carbocycles. The molecule has 0 unspecified atom stereocenters. The van der Waals surface area contributed by atoms with Crippen molar-refractivity contribution in [1.82, 2.24) is 10.4 Å². The van der Waals surface area contributed by atoms with E-state index in [0.29, 0.717) is 5.92 Å². The number of nitrogens with zero attached hydrogens (tertiary/aromatic N) is 1. The van der Waals surface area contributed by atoms with Gasteiger partial charge in [0.25, 0.3) is 5.91 Å². The van der Waals surface area contributed by atoms with E-state index in [0.717, 1.165) is 11.5 Å². The summed E-state index contributed by atoms with van der Waals surface area (Å²) in [6, 6.07) is 0. The van der Waals surface area contributed by atoms with Gasteiger partial charge in [-0.05, 0) is 5.92 Å². The fraction of sp³-hybridized carbons (Fsp3) is 0.857. The Balaban J connectivity index is 2.54. The lowest BCUT2D eigenvalue weighted by Gasteiger charge is -2.22. The third-order valence-corrected chi connectivity index (χ3v) is 2.16. The van der Waals surface area contributed by atoms with E-state index in [-0.39, 0.29) is 18.6 Å². The Bertz CT molecular complexity index is 161. The summed E-state index contributed by atoms with van der Waals surface area (Å²) in [6.45, 7) is 4.29. The molecule has 2 atom stereocenters. The van der Waals surface area contributed by atoms with Gasteiger partial charge >= 0.3 is 0 Å². The molecule has 1 saturated heterocycles. The monoisotopic (exact) mass is 158 g/mol. The molecular weight excluding hydrogens is 144 g/mol. The molecule has 1 aliphatic heterocycles. The third-order valence-electron chi connectivity index (χ3n) is 2.16. The molecule has 1 amide bonds. The van der Waals surface area contributed by atoms with E-state index in [9.17, 15) is 10.0 Å². The predicted molar refractivity (Wildman–Crippen MR) is 39.9 cm³/mol. The number of rotatable bonds is 2. The first-order valence-corrected chi connectivity index (χ1v) is 3.91. The Morgan fingerprint density at radius 1 is 1.91 bits per heavy atom. The van der Waals surface area contributed by atoms with Gasteiger partial charge in [-0.2, -0.15) is 0 Å². The van der Waals surface area contributed by atoms with Crippen LogP contribution in [0.5, 0.6) is 0 Å². The second-order valence-electron chi connectivity index (χ2n) is 2.95. The number of amides is 1. The van der Waals surface area contributed by atoms with Crippen molar-refractivity contribution in [3.8, 4) is 0 Å². The van der Waals surface area contributed by atoms with Crippen molar-refractivity contribution in [2.75, 3.05) is 6.54 Å². The summed E-state index contributed by atoms with van der Waals surface area (Å²) in [5.74, 6) is 0.0572. The lowest BCUT2D eigenvalue weighted by molar-refractivity contribution is -0.169. The first-order valence-electron chi connectivity index (χ1n) is 3.91. The van der Waals surface area contributed by atoms with Crippen LogP contribution in [-0.4, -0.2) is 28.9 Å². The highest BCUT2D eigenvalue weighted by Crippen LogP contribution is 2.14. The summed E-state index contributed by atoms with van der Waals surface area (Å²) in [4.78, 5) is 10.8. The van der Waals surface area contributed by atoms with E-state index in [4.69, 9.17) is 0 Å². The van der Waals surface area contributed by atoms with Crippen LogP contribution in [0.3, 0.4) is 0 Å². The largest absolute Gasteiger partial charge is 0.286 e. The molecule has 4 heteroatoms. The molecule has 1 rings (SSSR count). The first-order chi connectivity index (χ1) is 5.16. The highest BCUT2D eigenvalue weighted by molar-refractivity contribution is 5.79. The van der Waals surface area contributed by atoms with E-state index < -0.39 is 0 Å². The van der Waals surface area contributed by atoms with Gasteiger partial charge in [0.05, 0.1) is 6.54 Å². The highest BCUT2D eigenvalue weighted by atomic mass is 16.5. The smallest absolute Gasteiger partial charge is 0.261 e. The third kappa shape index (κ3) is 1.52. The Hall–Kier alpha value is -0.610. The fourth-order valence-corrected chi connectivity index (χ4v) is 1.18. The van der Waals surface area contributed by atoms with Gasteiger partial charge in [0.15, 0.2) is 0 Å². The van der Waals surface area contributed by atoms with Crippen molar-refractivity contribution >= 4 is 5.91 Å². The zero-order valence-corrected chi connectivity index (χ0v) is 6.87. The minimum atomic E-state index is -0.240. The van der Waals surface area contributed by atoms with Crippen LogP contribution < -0.4 is 5.32 Å². The number of carbonyl (C=O) groups is 1. The SMILES string of the molecule is CC[C@@H](C)[C@@H]1NCC(=O)N1O. The molecule has 0 aliphatic carbocycles. The number of nitrogens with one attached hydrogen (secondary N) is 1. The second kappa shape index (κ2) is 3.19. The van der Waals surface area contributed by atoms with E-state index in [1.54, 1.807) is 0 Å². The van der Waals surface area contributed by atoms with Gasteiger partial charge in [-0.1, -0.05) is 20.3 Å². The summed E-state index contributed by atoms with van der Waals surface area (Å²) >= 11 is 0. The van der Waals surface area contributed by atoms with Crippen molar-refractivity contribution in [2.24, 2.45) is 5.92 Å². The van der Waals surface area contributed by atoms with Crippen LogP contribution in [0.2, 0.25) is 0 Å². The van der Waals surface area contributed by atoms with Gasteiger partial charge in [-0.3, -0.25) is 15.3 Å². The van der Waals surface area contributed by atoms with E-state index in [1.165, 1.54) is 0 Å². The normalized spacial score (nSPS) is 27.7. The van der Waals surface area contributed by atoms with Crippen molar-refractivity contribution in [3.05, 3.63) is 0 Å². The van der Waals surface area contributed by atoms with Crippen molar-refractivity contribution in [2.45, 2.75) is 26.4 Å². The maximum atomic E-state index is 10.8. The first kappa shape index (κ1) is 8.49. The summed E-state index contributed by atoms with van der Waals surface area (Å²) in [5, 5.41) is 12.9. The molecule has 0 radical (unpaired) electrons. The Morgan fingerprint density at radius 3 is 2.91 bits per heavy atom.